The molecule has 1 amide bonds. The van der Waals surface area contributed by atoms with Crippen molar-refractivity contribution in [1.82, 2.24) is 14.3 Å². The molecule has 1 aliphatic heterocycles. The van der Waals surface area contributed by atoms with Crippen LogP contribution in [0, 0.1) is 11.3 Å². The van der Waals surface area contributed by atoms with Crippen molar-refractivity contribution >= 4 is 28.2 Å². The maximum absolute atomic E-state index is 12.7. The SMILES string of the molecule is O=C(c1cnc2sccn2c1=O)N1C[C@@H]2CCC[C@@]2(C(=O)O)C1. The predicted octanol–water partition coefficient (Wildman–Crippen LogP) is 1.08. The van der Waals surface area contributed by atoms with Crippen LogP contribution in [0.2, 0.25) is 0 Å². The van der Waals surface area contributed by atoms with E-state index in [-0.39, 0.29) is 18.0 Å². The summed E-state index contributed by atoms with van der Waals surface area (Å²) < 4.78 is 1.35. The summed E-state index contributed by atoms with van der Waals surface area (Å²) in [6.07, 6.45) is 5.18. The number of hydrogen-bond acceptors (Lipinski definition) is 5. The summed E-state index contributed by atoms with van der Waals surface area (Å²) in [7, 11) is 0. The van der Waals surface area contributed by atoms with Crippen molar-refractivity contribution in [3.63, 3.8) is 0 Å². The molecule has 0 bridgehead atoms. The number of aliphatic carboxylic acids is 1. The van der Waals surface area contributed by atoms with Gasteiger partial charge in [-0.2, -0.15) is 0 Å². The molecule has 2 aromatic rings. The van der Waals surface area contributed by atoms with Gasteiger partial charge >= 0.3 is 5.97 Å². The molecule has 0 spiro atoms. The number of fused-ring (bicyclic) bond motifs is 2. The van der Waals surface area contributed by atoms with Crippen molar-refractivity contribution in [2.45, 2.75) is 19.3 Å². The quantitative estimate of drug-likeness (QED) is 0.888. The van der Waals surface area contributed by atoms with Crippen LogP contribution in [0.4, 0.5) is 0 Å². The van der Waals surface area contributed by atoms with Crippen LogP contribution in [0.15, 0.2) is 22.6 Å². The highest BCUT2D eigenvalue weighted by Crippen LogP contribution is 2.49. The summed E-state index contributed by atoms with van der Waals surface area (Å²) in [5.41, 5.74) is -1.24. The maximum atomic E-state index is 12.7. The van der Waals surface area contributed by atoms with E-state index in [1.54, 1.807) is 11.6 Å². The predicted molar refractivity (Wildman–Crippen MR) is 82.7 cm³/mol. The van der Waals surface area contributed by atoms with Crippen molar-refractivity contribution in [3.05, 3.63) is 33.7 Å². The van der Waals surface area contributed by atoms with Crippen molar-refractivity contribution in [1.29, 1.82) is 0 Å². The molecule has 1 aliphatic carbocycles. The second-order valence-corrected chi connectivity index (χ2v) is 7.14. The first-order valence-electron chi connectivity index (χ1n) is 7.50. The second-order valence-electron chi connectivity index (χ2n) is 6.27. The number of likely N-dealkylation sites (tertiary alicyclic amines) is 1. The zero-order chi connectivity index (χ0) is 16.2. The van der Waals surface area contributed by atoms with Gasteiger partial charge in [0.2, 0.25) is 0 Å². The van der Waals surface area contributed by atoms with Gasteiger partial charge in [-0.25, -0.2) is 4.98 Å². The molecule has 2 aromatic heterocycles. The highest BCUT2D eigenvalue weighted by Gasteiger charge is 2.56. The minimum absolute atomic E-state index is 0.00131. The van der Waals surface area contributed by atoms with E-state index in [0.717, 1.165) is 12.8 Å². The monoisotopic (exact) mass is 333 g/mol. The summed E-state index contributed by atoms with van der Waals surface area (Å²) >= 11 is 1.32. The zero-order valence-electron chi connectivity index (χ0n) is 12.3. The fraction of sp³-hybridized carbons (Fsp3) is 0.467. The summed E-state index contributed by atoms with van der Waals surface area (Å²) in [5.74, 6) is -1.28. The Bertz CT molecular complexity index is 873. The Hall–Kier alpha value is -2.22. The van der Waals surface area contributed by atoms with E-state index in [9.17, 15) is 19.5 Å². The average Bonchev–Trinajstić information content (AvgIpc) is 3.20. The molecule has 0 aromatic carbocycles. The fourth-order valence-electron chi connectivity index (χ4n) is 3.94. The number of carbonyl (C=O) groups excluding carboxylic acids is 1. The van der Waals surface area contributed by atoms with Crippen LogP contribution in [0.1, 0.15) is 29.6 Å². The Morgan fingerprint density at radius 1 is 1.43 bits per heavy atom. The first-order chi connectivity index (χ1) is 11.0. The van der Waals surface area contributed by atoms with Crippen molar-refractivity contribution in [2.24, 2.45) is 11.3 Å². The molecule has 1 saturated carbocycles. The number of carboxylic acid groups (broad SMARTS) is 1. The van der Waals surface area contributed by atoms with E-state index < -0.39 is 22.9 Å². The topological polar surface area (TPSA) is 92.0 Å². The Morgan fingerprint density at radius 2 is 2.26 bits per heavy atom. The number of carboxylic acids is 1. The third kappa shape index (κ3) is 1.94. The van der Waals surface area contributed by atoms with Gasteiger partial charge in [0.1, 0.15) is 5.56 Å². The van der Waals surface area contributed by atoms with Crippen LogP contribution in [-0.4, -0.2) is 44.4 Å². The highest BCUT2D eigenvalue weighted by atomic mass is 32.1. The normalized spacial score (nSPS) is 26.6. The number of aromatic nitrogens is 2. The minimum atomic E-state index is -0.842. The summed E-state index contributed by atoms with van der Waals surface area (Å²) in [4.78, 5) is 43.0. The Morgan fingerprint density at radius 3 is 3.00 bits per heavy atom. The molecule has 2 fully saturated rings. The van der Waals surface area contributed by atoms with Gasteiger partial charge in [-0.1, -0.05) is 6.42 Å². The molecule has 7 nitrogen and oxygen atoms in total. The van der Waals surface area contributed by atoms with Gasteiger partial charge in [0.05, 0.1) is 5.41 Å². The number of nitrogens with zero attached hydrogens (tertiary/aromatic N) is 3. The summed E-state index contributed by atoms with van der Waals surface area (Å²) in [6.45, 7) is 0.578. The molecule has 4 rings (SSSR count). The minimum Gasteiger partial charge on any atom is -0.481 e. The molecule has 2 atom stereocenters. The Balaban J connectivity index is 1.69. The van der Waals surface area contributed by atoms with Crippen LogP contribution in [-0.2, 0) is 4.79 Å². The lowest BCUT2D eigenvalue weighted by molar-refractivity contribution is -0.149. The smallest absolute Gasteiger partial charge is 0.311 e. The van der Waals surface area contributed by atoms with Gasteiger partial charge in [0.15, 0.2) is 4.96 Å². The number of amides is 1. The Kier molecular flexibility index (Phi) is 3.06. The van der Waals surface area contributed by atoms with Crippen LogP contribution in [0.5, 0.6) is 0 Å². The average molecular weight is 333 g/mol. The second kappa shape index (κ2) is 4.89. The number of thiazole rings is 1. The molecule has 0 radical (unpaired) electrons. The first-order valence-corrected chi connectivity index (χ1v) is 8.38. The largest absolute Gasteiger partial charge is 0.481 e. The van der Waals surface area contributed by atoms with Gasteiger partial charge < -0.3 is 10.0 Å². The lowest BCUT2D eigenvalue weighted by atomic mass is 9.81. The lowest BCUT2D eigenvalue weighted by Crippen LogP contribution is -2.38. The van der Waals surface area contributed by atoms with Gasteiger partial charge in [-0.05, 0) is 18.8 Å². The van der Waals surface area contributed by atoms with Gasteiger partial charge in [-0.3, -0.25) is 18.8 Å². The molecular formula is C15H15N3O4S. The summed E-state index contributed by atoms with van der Waals surface area (Å²) in [6, 6.07) is 0. The van der Waals surface area contributed by atoms with Crippen molar-refractivity contribution < 1.29 is 14.7 Å². The van der Waals surface area contributed by atoms with Crippen LogP contribution < -0.4 is 5.56 Å². The van der Waals surface area contributed by atoms with E-state index in [4.69, 9.17) is 0 Å². The molecular weight excluding hydrogens is 318 g/mol. The molecule has 2 aliphatic rings. The maximum Gasteiger partial charge on any atom is 0.311 e. The summed E-state index contributed by atoms with van der Waals surface area (Å²) in [5, 5.41) is 11.3. The third-order valence-corrected chi connectivity index (χ3v) is 5.93. The lowest BCUT2D eigenvalue weighted by Gasteiger charge is -2.23. The van der Waals surface area contributed by atoms with Crippen molar-refractivity contribution in [2.75, 3.05) is 13.1 Å². The van der Waals surface area contributed by atoms with E-state index in [1.165, 1.54) is 26.8 Å². The molecule has 3 heterocycles. The van der Waals surface area contributed by atoms with Gasteiger partial charge in [0.25, 0.3) is 11.5 Å². The van der Waals surface area contributed by atoms with Gasteiger partial charge in [0, 0.05) is 30.9 Å². The van der Waals surface area contributed by atoms with Gasteiger partial charge in [-0.15, -0.1) is 11.3 Å². The number of rotatable bonds is 2. The highest BCUT2D eigenvalue weighted by molar-refractivity contribution is 7.15. The van der Waals surface area contributed by atoms with Crippen LogP contribution in [0.3, 0.4) is 0 Å². The van der Waals surface area contributed by atoms with E-state index in [0.29, 0.717) is 17.9 Å². The molecule has 23 heavy (non-hydrogen) atoms. The third-order valence-electron chi connectivity index (χ3n) is 5.16. The standard InChI is InChI=1S/C15H15N3O4S/c19-11(10-6-16-14-18(12(10)20)4-5-23-14)17-7-9-2-1-3-15(9,8-17)13(21)22/h4-6,9H,1-3,7-8H2,(H,21,22)/t9-,15+/m0/s1. The fourth-order valence-corrected chi connectivity index (χ4v) is 4.61. The molecule has 0 unspecified atom stereocenters. The Labute approximate surface area is 135 Å². The molecule has 120 valence electrons. The van der Waals surface area contributed by atoms with Crippen LogP contribution >= 0.6 is 11.3 Å². The molecule has 8 heteroatoms. The van der Waals surface area contributed by atoms with E-state index in [2.05, 4.69) is 4.98 Å². The first kappa shape index (κ1) is 14.4. The molecule has 1 N–H and O–H groups in total. The number of carbonyl (C=O) groups is 2. The van der Waals surface area contributed by atoms with Crippen LogP contribution in [0.25, 0.3) is 4.96 Å². The van der Waals surface area contributed by atoms with Crippen molar-refractivity contribution in [3.8, 4) is 0 Å². The van der Waals surface area contributed by atoms with E-state index in [1.807, 2.05) is 0 Å². The molecule has 1 saturated heterocycles. The zero-order valence-corrected chi connectivity index (χ0v) is 13.1. The van der Waals surface area contributed by atoms with E-state index >= 15 is 0 Å². The number of hydrogen-bond donors (Lipinski definition) is 1.